The number of nitrogen functional groups attached to an aromatic ring is 1. The van der Waals surface area contributed by atoms with Crippen LogP contribution in [0.3, 0.4) is 0 Å². The zero-order chi connectivity index (χ0) is 14.5. The highest BCUT2D eigenvalue weighted by atomic mass is 16.5. The third-order valence-electron chi connectivity index (χ3n) is 3.81. The first-order chi connectivity index (χ1) is 9.56. The van der Waals surface area contributed by atoms with E-state index in [1.807, 2.05) is 19.1 Å². The molecular weight excluding hydrogens is 256 g/mol. The molecule has 5 nitrogen and oxygen atoms in total. The average Bonchev–Trinajstić information content (AvgIpc) is 2.86. The minimum absolute atomic E-state index is 0.226. The van der Waals surface area contributed by atoms with Crippen molar-refractivity contribution in [3.63, 3.8) is 0 Å². The first-order valence-corrected chi connectivity index (χ1v) is 7.12. The Morgan fingerprint density at radius 1 is 1.40 bits per heavy atom. The van der Waals surface area contributed by atoms with Gasteiger partial charge in [0.15, 0.2) is 0 Å². The zero-order valence-corrected chi connectivity index (χ0v) is 11.9. The van der Waals surface area contributed by atoms with Crippen LogP contribution in [0.1, 0.15) is 13.3 Å². The molecule has 1 saturated heterocycles. The topological polar surface area (TPSA) is 79.0 Å². The highest BCUT2D eigenvalue weighted by Crippen LogP contribution is 2.21. The number of nitrogens with two attached hydrogens (primary N) is 1. The molecule has 0 radical (unpaired) electrons. The highest BCUT2D eigenvalue weighted by molar-refractivity contribution is 5.51. The number of anilines is 1. The first-order valence-electron chi connectivity index (χ1n) is 7.12. The van der Waals surface area contributed by atoms with E-state index < -0.39 is 6.10 Å². The Kier molecular flexibility index (Phi) is 5.23. The van der Waals surface area contributed by atoms with Gasteiger partial charge in [0.1, 0.15) is 18.5 Å². The van der Waals surface area contributed by atoms with Gasteiger partial charge in [0.05, 0.1) is 11.8 Å². The summed E-state index contributed by atoms with van der Waals surface area (Å²) < 4.78 is 5.53. The molecule has 0 spiro atoms. The fourth-order valence-electron chi connectivity index (χ4n) is 2.57. The second-order valence-corrected chi connectivity index (χ2v) is 5.55. The summed E-state index contributed by atoms with van der Waals surface area (Å²) in [7, 11) is 0. The van der Waals surface area contributed by atoms with Crippen molar-refractivity contribution < 1.29 is 14.9 Å². The van der Waals surface area contributed by atoms with Gasteiger partial charge < -0.3 is 25.6 Å². The van der Waals surface area contributed by atoms with Crippen LogP contribution in [0, 0.1) is 5.92 Å². The van der Waals surface area contributed by atoms with Crippen LogP contribution in [-0.2, 0) is 0 Å². The van der Waals surface area contributed by atoms with Crippen LogP contribution in [0.4, 0.5) is 5.69 Å². The molecule has 0 aliphatic carbocycles. The SMILES string of the molecule is CC(O)C1CCN(CC(O)COc2ccccc2N)C1. The number of rotatable bonds is 6. The second-order valence-electron chi connectivity index (χ2n) is 5.55. The summed E-state index contributed by atoms with van der Waals surface area (Å²) in [5.74, 6) is 0.919. The Balaban J connectivity index is 1.74. The largest absolute Gasteiger partial charge is 0.489 e. The third kappa shape index (κ3) is 4.10. The highest BCUT2D eigenvalue weighted by Gasteiger charge is 2.27. The zero-order valence-electron chi connectivity index (χ0n) is 11.9. The van der Waals surface area contributed by atoms with E-state index in [2.05, 4.69) is 4.90 Å². The predicted octanol–water partition coefficient (Wildman–Crippen LogP) is 0.711. The van der Waals surface area contributed by atoms with Crippen LogP contribution in [0.5, 0.6) is 5.75 Å². The summed E-state index contributed by atoms with van der Waals surface area (Å²) in [6.07, 6.45) is 0.150. The predicted molar refractivity (Wildman–Crippen MR) is 78.6 cm³/mol. The molecule has 0 aromatic heterocycles. The standard InChI is InChI=1S/C15H24N2O3/c1-11(18)12-6-7-17(8-12)9-13(19)10-20-15-5-3-2-4-14(15)16/h2-5,11-13,18-19H,6-10,16H2,1H3. The normalized spacial score (nSPS) is 22.6. The van der Waals surface area contributed by atoms with E-state index in [4.69, 9.17) is 10.5 Å². The molecule has 3 atom stereocenters. The smallest absolute Gasteiger partial charge is 0.142 e. The van der Waals surface area contributed by atoms with E-state index in [-0.39, 0.29) is 12.7 Å². The lowest BCUT2D eigenvalue weighted by atomic mass is 10.0. The van der Waals surface area contributed by atoms with E-state index >= 15 is 0 Å². The van der Waals surface area contributed by atoms with Crippen LogP contribution in [0.15, 0.2) is 24.3 Å². The lowest BCUT2D eigenvalue weighted by Gasteiger charge is -2.21. The van der Waals surface area contributed by atoms with Crippen molar-refractivity contribution >= 4 is 5.69 Å². The molecule has 20 heavy (non-hydrogen) atoms. The molecule has 0 saturated carbocycles. The molecule has 3 unspecified atom stereocenters. The number of ether oxygens (including phenoxy) is 1. The van der Waals surface area contributed by atoms with Crippen LogP contribution in [0.25, 0.3) is 0 Å². The number of nitrogens with zero attached hydrogens (tertiary/aromatic N) is 1. The van der Waals surface area contributed by atoms with Gasteiger partial charge in [-0.3, -0.25) is 0 Å². The van der Waals surface area contributed by atoms with Gasteiger partial charge in [-0.25, -0.2) is 0 Å². The maximum absolute atomic E-state index is 10.0. The van der Waals surface area contributed by atoms with Crippen LogP contribution in [-0.4, -0.2) is 53.6 Å². The summed E-state index contributed by atoms with van der Waals surface area (Å²) >= 11 is 0. The van der Waals surface area contributed by atoms with Gasteiger partial charge in [-0.2, -0.15) is 0 Å². The molecule has 4 N–H and O–H groups in total. The van der Waals surface area contributed by atoms with Gasteiger partial charge in [0, 0.05) is 13.1 Å². The third-order valence-corrected chi connectivity index (χ3v) is 3.81. The molecule has 5 heteroatoms. The summed E-state index contributed by atoms with van der Waals surface area (Å²) in [5.41, 5.74) is 6.36. The molecule has 1 aromatic carbocycles. The van der Waals surface area contributed by atoms with Crippen molar-refractivity contribution in [2.45, 2.75) is 25.6 Å². The van der Waals surface area contributed by atoms with Gasteiger partial charge >= 0.3 is 0 Å². The number of benzene rings is 1. The van der Waals surface area contributed by atoms with E-state index in [0.717, 1.165) is 19.5 Å². The fraction of sp³-hybridized carbons (Fsp3) is 0.600. The lowest BCUT2D eigenvalue weighted by Crippen LogP contribution is -2.35. The van der Waals surface area contributed by atoms with Gasteiger partial charge in [0.2, 0.25) is 0 Å². The lowest BCUT2D eigenvalue weighted by molar-refractivity contribution is 0.0699. The van der Waals surface area contributed by atoms with Gasteiger partial charge in [0.25, 0.3) is 0 Å². The summed E-state index contributed by atoms with van der Waals surface area (Å²) in [5, 5.41) is 19.6. The van der Waals surface area contributed by atoms with E-state index in [9.17, 15) is 10.2 Å². The fourth-order valence-corrected chi connectivity index (χ4v) is 2.57. The van der Waals surface area contributed by atoms with Crippen molar-refractivity contribution in [1.29, 1.82) is 0 Å². The van der Waals surface area contributed by atoms with Crippen molar-refractivity contribution in [2.75, 3.05) is 32.0 Å². The monoisotopic (exact) mass is 280 g/mol. The maximum Gasteiger partial charge on any atom is 0.142 e. The molecule has 112 valence electrons. The summed E-state index contributed by atoms with van der Waals surface area (Å²) in [6, 6.07) is 7.27. The molecular formula is C15H24N2O3. The number of hydrogen-bond donors (Lipinski definition) is 3. The average molecular weight is 280 g/mol. The quantitative estimate of drug-likeness (QED) is 0.669. The minimum atomic E-state index is -0.553. The molecule has 2 rings (SSSR count). The van der Waals surface area contributed by atoms with Crippen molar-refractivity contribution in [2.24, 2.45) is 5.92 Å². The Morgan fingerprint density at radius 2 is 2.15 bits per heavy atom. The van der Waals surface area contributed by atoms with Gasteiger partial charge in [-0.1, -0.05) is 12.1 Å². The first kappa shape index (κ1) is 15.1. The molecule has 1 heterocycles. The van der Waals surface area contributed by atoms with Crippen molar-refractivity contribution in [1.82, 2.24) is 4.90 Å². The van der Waals surface area contributed by atoms with Crippen molar-refractivity contribution in [3.05, 3.63) is 24.3 Å². The summed E-state index contributed by atoms with van der Waals surface area (Å²) in [4.78, 5) is 2.17. The Morgan fingerprint density at radius 3 is 2.80 bits per heavy atom. The second kappa shape index (κ2) is 6.92. The van der Waals surface area contributed by atoms with E-state index in [0.29, 0.717) is 23.9 Å². The van der Waals surface area contributed by atoms with E-state index in [1.165, 1.54) is 0 Å². The summed E-state index contributed by atoms with van der Waals surface area (Å²) in [6.45, 7) is 4.37. The van der Waals surface area contributed by atoms with Crippen LogP contribution >= 0.6 is 0 Å². The van der Waals surface area contributed by atoms with Gasteiger partial charge in [-0.15, -0.1) is 0 Å². The Labute approximate surface area is 120 Å². The number of hydrogen-bond acceptors (Lipinski definition) is 5. The van der Waals surface area contributed by atoms with Crippen molar-refractivity contribution in [3.8, 4) is 5.75 Å². The minimum Gasteiger partial charge on any atom is -0.489 e. The van der Waals surface area contributed by atoms with Crippen LogP contribution in [0.2, 0.25) is 0 Å². The molecule has 1 fully saturated rings. The molecule has 1 aliphatic rings. The number of para-hydroxylation sites is 2. The Bertz CT molecular complexity index is 425. The number of aliphatic hydroxyl groups is 2. The van der Waals surface area contributed by atoms with Gasteiger partial charge in [-0.05, 0) is 37.9 Å². The molecule has 0 bridgehead atoms. The Hall–Kier alpha value is -1.30. The number of likely N-dealkylation sites (tertiary alicyclic amines) is 1. The number of β-amino-alcohol motifs (C(OH)–C–C–N with tert-alkyl or cyclic N) is 1. The maximum atomic E-state index is 10.0. The molecule has 1 aliphatic heterocycles. The van der Waals surface area contributed by atoms with Crippen LogP contribution < -0.4 is 10.5 Å². The number of aliphatic hydroxyl groups excluding tert-OH is 2. The van der Waals surface area contributed by atoms with E-state index in [1.54, 1.807) is 12.1 Å². The molecule has 1 aromatic rings. The molecule has 0 amide bonds.